The summed E-state index contributed by atoms with van der Waals surface area (Å²) in [6.07, 6.45) is 0. The minimum Gasteiger partial charge on any atom is -0.287 e. The van der Waals surface area contributed by atoms with Gasteiger partial charge < -0.3 is 0 Å². The zero-order valence-corrected chi connectivity index (χ0v) is 14.2. The molecule has 0 atom stereocenters. The molecule has 0 radical (unpaired) electrons. The summed E-state index contributed by atoms with van der Waals surface area (Å²) in [4.78, 5) is 5.91. The van der Waals surface area contributed by atoms with E-state index in [0.29, 0.717) is 0 Å². The number of aromatic nitrogens is 2. The second kappa shape index (κ2) is 4.83. The first kappa shape index (κ1) is 13.8. The molecule has 0 saturated heterocycles. The molecule has 0 bridgehead atoms. The van der Waals surface area contributed by atoms with Gasteiger partial charge in [0.25, 0.3) is 0 Å². The summed E-state index contributed by atoms with van der Waals surface area (Å²) in [7, 11) is 0. The van der Waals surface area contributed by atoms with Gasteiger partial charge in [0.2, 0.25) is 0 Å². The molecule has 0 aliphatic rings. The number of halogens is 1. The number of aryl methyl sites for hydroxylation is 3. The molecule has 0 spiro atoms. The molecule has 0 N–H and O–H groups in total. The second-order valence-electron chi connectivity index (χ2n) is 5.63. The van der Waals surface area contributed by atoms with E-state index in [0.717, 1.165) is 21.2 Å². The molecule has 2 nitrogen and oxygen atoms in total. The first-order valence-corrected chi connectivity index (χ1v) is 8.39. The lowest BCUT2D eigenvalue weighted by molar-refractivity contribution is 1.17. The van der Waals surface area contributed by atoms with Gasteiger partial charge in [0.15, 0.2) is 4.96 Å². The van der Waals surface area contributed by atoms with Crippen molar-refractivity contribution in [3.63, 3.8) is 0 Å². The van der Waals surface area contributed by atoms with Crippen molar-refractivity contribution < 1.29 is 0 Å². The number of imidazole rings is 1. The Morgan fingerprint density at radius 1 is 1.00 bits per heavy atom. The minimum atomic E-state index is 0.749. The Bertz CT molecular complexity index is 1010. The van der Waals surface area contributed by atoms with Crippen molar-refractivity contribution in [1.29, 1.82) is 0 Å². The number of hydrogen-bond donors (Lipinski definition) is 0. The fourth-order valence-electron chi connectivity index (χ4n) is 2.92. The van der Waals surface area contributed by atoms with Crippen molar-refractivity contribution in [3.05, 3.63) is 58.2 Å². The van der Waals surface area contributed by atoms with Gasteiger partial charge in [-0.15, -0.1) is 0 Å². The van der Waals surface area contributed by atoms with Gasteiger partial charge in [0, 0.05) is 16.3 Å². The predicted octanol–water partition coefficient (Wildman–Crippen LogP) is 5.79. The van der Waals surface area contributed by atoms with Crippen LogP contribution in [0.15, 0.2) is 36.4 Å². The fourth-order valence-corrected chi connectivity index (χ4v) is 4.18. The Morgan fingerprint density at radius 3 is 2.45 bits per heavy atom. The Balaban J connectivity index is 2.06. The standard InChI is InChI=1S/C18H15ClN2S/c1-10-4-9-15-17(11(10)2)21-12(3)16(20-18(21)22-15)13-5-7-14(19)8-6-13/h4-9H,1-3H3. The van der Waals surface area contributed by atoms with E-state index in [1.54, 1.807) is 11.3 Å². The number of rotatable bonds is 1. The van der Waals surface area contributed by atoms with Gasteiger partial charge in [0.05, 0.1) is 15.9 Å². The summed E-state index contributed by atoms with van der Waals surface area (Å²) in [5.41, 5.74) is 7.24. The molecule has 0 fully saturated rings. The van der Waals surface area contributed by atoms with Gasteiger partial charge >= 0.3 is 0 Å². The van der Waals surface area contributed by atoms with Gasteiger partial charge in [-0.3, -0.25) is 4.40 Å². The normalized spacial score (nSPS) is 11.6. The Kier molecular flexibility index (Phi) is 3.03. The number of fused-ring (bicyclic) bond motifs is 3. The van der Waals surface area contributed by atoms with Gasteiger partial charge in [-0.2, -0.15) is 0 Å². The van der Waals surface area contributed by atoms with E-state index >= 15 is 0 Å². The molecule has 0 unspecified atom stereocenters. The van der Waals surface area contributed by atoms with Crippen LogP contribution in [0.2, 0.25) is 5.02 Å². The molecule has 2 aromatic heterocycles. The fraction of sp³-hybridized carbons (Fsp3) is 0.167. The highest BCUT2D eigenvalue weighted by atomic mass is 35.5. The van der Waals surface area contributed by atoms with Crippen molar-refractivity contribution in [1.82, 2.24) is 9.38 Å². The first-order chi connectivity index (χ1) is 10.6. The average molecular weight is 327 g/mol. The molecule has 22 heavy (non-hydrogen) atoms. The maximum absolute atomic E-state index is 5.99. The predicted molar refractivity (Wildman–Crippen MR) is 95.2 cm³/mol. The molecular formula is C18H15ClN2S. The van der Waals surface area contributed by atoms with Crippen molar-refractivity contribution in [2.45, 2.75) is 20.8 Å². The quantitative estimate of drug-likeness (QED) is 0.432. The lowest BCUT2D eigenvalue weighted by Crippen LogP contribution is -1.90. The molecule has 0 aliphatic heterocycles. The zero-order chi connectivity index (χ0) is 15.4. The van der Waals surface area contributed by atoms with Crippen LogP contribution in [0.1, 0.15) is 16.8 Å². The lowest BCUT2D eigenvalue weighted by atomic mass is 10.1. The van der Waals surface area contributed by atoms with Crippen LogP contribution in [0, 0.1) is 20.8 Å². The van der Waals surface area contributed by atoms with Crippen LogP contribution >= 0.6 is 22.9 Å². The zero-order valence-electron chi connectivity index (χ0n) is 12.6. The largest absolute Gasteiger partial charge is 0.287 e. The third-order valence-corrected chi connectivity index (χ3v) is 5.54. The minimum absolute atomic E-state index is 0.749. The molecule has 110 valence electrons. The molecule has 0 amide bonds. The summed E-state index contributed by atoms with van der Waals surface area (Å²) >= 11 is 7.73. The SMILES string of the molecule is Cc1ccc2sc3nc(-c4ccc(Cl)cc4)c(C)n3c2c1C. The summed E-state index contributed by atoms with van der Waals surface area (Å²) in [5, 5.41) is 0.749. The molecule has 0 aliphatic carbocycles. The van der Waals surface area contributed by atoms with E-state index in [1.165, 1.54) is 27.0 Å². The van der Waals surface area contributed by atoms with E-state index in [-0.39, 0.29) is 0 Å². The highest BCUT2D eigenvalue weighted by Gasteiger charge is 2.16. The van der Waals surface area contributed by atoms with E-state index in [4.69, 9.17) is 16.6 Å². The first-order valence-electron chi connectivity index (χ1n) is 7.20. The highest BCUT2D eigenvalue weighted by molar-refractivity contribution is 7.23. The molecular weight excluding hydrogens is 312 g/mol. The summed E-state index contributed by atoms with van der Waals surface area (Å²) in [6.45, 7) is 6.48. The van der Waals surface area contributed by atoms with Crippen molar-refractivity contribution in [2.24, 2.45) is 0 Å². The molecule has 4 aromatic rings. The van der Waals surface area contributed by atoms with Crippen molar-refractivity contribution >= 4 is 38.1 Å². The van der Waals surface area contributed by atoms with Crippen LogP contribution in [0.25, 0.3) is 26.4 Å². The Labute approximate surface area is 138 Å². The Morgan fingerprint density at radius 2 is 1.73 bits per heavy atom. The van der Waals surface area contributed by atoms with Crippen molar-refractivity contribution in [3.8, 4) is 11.3 Å². The molecule has 0 saturated carbocycles. The molecule has 4 rings (SSSR count). The average Bonchev–Trinajstić information content (AvgIpc) is 3.02. The van der Waals surface area contributed by atoms with Crippen molar-refractivity contribution in [2.75, 3.05) is 0 Å². The van der Waals surface area contributed by atoms with E-state index < -0.39 is 0 Å². The summed E-state index contributed by atoms with van der Waals surface area (Å²) in [5.74, 6) is 0. The van der Waals surface area contributed by atoms with Gasteiger partial charge in [-0.1, -0.05) is 41.1 Å². The molecule has 2 heterocycles. The summed E-state index contributed by atoms with van der Waals surface area (Å²) in [6, 6.07) is 12.3. The van der Waals surface area contributed by atoms with Gasteiger partial charge in [0.1, 0.15) is 0 Å². The number of hydrogen-bond acceptors (Lipinski definition) is 2. The summed E-state index contributed by atoms with van der Waals surface area (Å²) < 4.78 is 3.57. The third kappa shape index (κ3) is 1.89. The van der Waals surface area contributed by atoms with Gasteiger partial charge in [-0.05, 0) is 50.1 Å². The van der Waals surface area contributed by atoms with Crippen LogP contribution < -0.4 is 0 Å². The van der Waals surface area contributed by atoms with Crippen LogP contribution in [-0.2, 0) is 0 Å². The van der Waals surface area contributed by atoms with Crippen LogP contribution in [0.3, 0.4) is 0 Å². The number of thiazole rings is 1. The lowest BCUT2D eigenvalue weighted by Gasteiger charge is -2.04. The maximum atomic E-state index is 5.99. The van der Waals surface area contributed by atoms with E-state index in [2.05, 4.69) is 37.3 Å². The number of benzene rings is 2. The number of nitrogens with zero attached hydrogens (tertiary/aromatic N) is 2. The van der Waals surface area contributed by atoms with Gasteiger partial charge in [-0.25, -0.2) is 4.98 Å². The monoisotopic (exact) mass is 326 g/mol. The van der Waals surface area contributed by atoms with Crippen LogP contribution in [0.4, 0.5) is 0 Å². The highest BCUT2D eigenvalue weighted by Crippen LogP contribution is 2.35. The molecule has 4 heteroatoms. The third-order valence-electron chi connectivity index (χ3n) is 4.28. The molecule has 2 aromatic carbocycles. The van der Waals surface area contributed by atoms with E-state index in [9.17, 15) is 0 Å². The maximum Gasteiger partial charge on any atom is 0.195 e. The van der Waals surface area contributed by atoms with Crippen LogP contribution in [0.5, 0.6) is 0 Å². The van der Waals surface area contributed by atoms with Crippen LogP contribution in [-0.4, -0.2) is 9.38 Å². The second-order valence-corrected chi connectivity index (χ2v) is 7.07. The van der Waals surface area contributed by atoms with E-state index in [1.807, 2.05) is 24.3 Å². The Hall–Kier alpha value is -1.84. The topological polar surface area (TPSA) is 17.3 Å². The smallest absolute Gasteiger partial charge is 0.195 e.